The van der Waals surface area contributed by atoms with E-state index >= 15 is 0 Å². The maximum atomic E-state index is 12.1. The summed E-state index contributed by atoms with van der Waals surface area (Å²) in [5.41, 5.74) is 0. The van der Waals surface area contributed by atoms with Gasteiger partial charge in [0.05, 0.1) is 11.2 Å². The molecule has 0 aliphatic carbocycles. The molecule has 1 aromatic rings. The molecule has 1 amide bonds. The Labute approximate surface area is 110 Å². The van der Waals surface area contributed by atoms with Crippen LogP contribution in [0, 0.1) is 0 Å². The van der Waals surface area contributed by atoms with E-state index in [1.54, 1.807) is 23.3 Å². The van der Waals surface area contributed by atoms with Crippen molar-refractivity contribution in [3.63, 3.8) is 0 Å². The van der Waals surface area contributed by atoms with Gasteiger partial charge in [-0.15, -0.1) is 0 Å². The van der Waals surface area contributed by atoms with Gasteiger partial charge >= 0.3 is 0 Å². The Kier molecular flexibility index (Phi) is 4.02. The summed E-state index contributed by atoms with van der Waals surface area (Å²) in [6.45, 7) is 2.80. The first-order valence-corrected chi connectivity index (χ1v) is 6.73. The monoisotopic (exact) mass is 267 g/mol. The molecule has 0 atom stereocenters. The number of hydrogen-bond acceptors (Lipinski definition) is 4. The Balaban J connectivity index is 2.13. The SMILES string of the molecule is CCCCN1C(=O)/C(=C/c2ccco2)SC1=S. The van der Waals surface area contributed by atoms with Crippen LogP contribution in [0.3, 0.4) is 0 Å². The highest BCUT2D eigenvalue weighted by atomic mass is 32.2. The van der Waals surface area contributed by atoms with Crippen molar-refractivity contribution in [3.8, 4) is 0 Å². The highest BCUT2D eigenvalue weighted by Crippen LogP contribution is 2.32. The molecular formula is C12H13NO2S2. The number of furan rings is 1. The number of carbonyl (C=O) groups excluding carboxylic acids is 1. The lowest BCUT2D eigenvalue weighted by Crippen LogP contribution is -2.28. The molecule has 1 fully saturated rings. The minimum absolute atomic E-state index is 0.00940. The molecule has 0 spiro atoms. The van der Waals surface area contributed by atoms with Crippen molar-refractivity contribution in [3.05, 3.63) is 29.1 Å². The molecule has 5 heteroatoms. The molecule has 0 saturated carbocycles. The Hall–Kier alpha value is -1.07. The number of unbranched alkanes of at least 4 members (excludes halogenated alkanes) is 1. The lowest BCUT2D eigenvalue weighted by atomic mass is 10.3. The predicted octanol–water partition coefficient (Wildman–Crippen LogP) is 3.28. The summed E-state index contributed by atoms with van der Waals surface area (Å²) < 4.78 is 5.83. The number of nitrogens with zero attached hydrogens (tertiary/aromatic N) is 1. The molecular weight excluding hydrogens is 254 g/mol. The number of hydrogen-bond donors (Lipinski definition) is 0. The first-order chi connectivity index (χ1) is 8.22. The van der Waals surface area contributed by atoms with Crippen molar-refractivity contribution >= 4 is 40.3 Å². The van der Waals surface area contributed by atoms with Crippen LogP contribution in [0.1, 0.15) is 25.5 Å². The van der Waals surface area contributed by atoms with Gasteiger partial charge in [0, 0.05) is 12.6 Å². The summed E-state index contributed by atoms with van der Waals surface area (Å²) in [6, 6.07) is 3.61. The highest BCUT2D eigenvalue weighted by molar-refractivity contribution is 8.26. The molecule has 1 aliphatic heterocycles. The van der Waals surface area contributed by atoms with Crippen LogP contribution in [0.4, 0.5) is 0 Å². The summed E-state index contributed by atoms with van der Waals surface area (Å²) in [4.78, 5) is 14.4. The van der Waals surface area contributed by atoms with Gasteiger partial charge in [-0.1, -0.05) is 37.3 Å². The summed E-state index contributed by atoms with van der Waals surface area (Å²) in [6.07, 6.45) is 5.35. The van der Waals surface area contributed by atoms with Crippen molar-refractivity contribution in [2.75, 3.05) is 6.54 Å². The minimum atomic E-state index is -0.00940. The van der Waals surface area contributed by atoms with Gasteiger partial charge in [-0.25, -0.2) is 0 Å². The molecule has 1 saturated heterocycles. The summed E-state index contributed by atoms with van der Waals surface area (Å²) in [7, 11) is 0. The van der Waals surface area contributed by atoms with Crippen LogP contribution in [0.25, 0.3) is 6.08 Å². The number of thiocarbonyl (C=S) groups is 1. The molecule has 17 heavy (non-hydrogen) atoms. The third-order valence-electron chi connectivity index (χ3n) is 2.43. The van der Waals surface area contributed by atoms with Crippen molar-refractivity contribution < 1.29 is 9.21 Å². The van der Waals surface area contributed by atoms with Crippen molar-refractivity contribution in [2.24, 2.45) is 0 Å². The van der Waals surface area contributed by atoms with Gasteiger partial charge < -0.3 is 4.42 Å². The van der Waals surface area contributed by atoms with Crippen LogP contribution in [0.5, 0.6) is 0 Å². The summed E-state index contributed by atoms with van der Waals surface area (Å²) >= 11 is 6.54. The zero-order valence-corrected chi connectivity index (χ0v) is 11.1. The lowest BCUT2D eigenvalue weighted by Gasteiger charge is -2.12. The molecule has 0 radical (unpaired) electrons. The van der Waals surface area contributed by atoms with Gasteiger partial charge in [0.15, 0.2) is 0 Å². The topological polar surface area (TPSA) is 33.5 Å². The Morgan fingerprint density at radius 1 is 1.59 bits per heavy atom. The van der Waals surface area contributed by atoms with E-state index in [-0.39, 0.29) is 5.91 Å². The number of thioether (sulfide) groups is 1. The van der Waals surface area contributed by atoms with Gasteiger partial charge in [0.2, 0.25) is 0 Å². The van der Waals surface area contributed by atoms with Crippen LogP contribution in [-0.2, 0) is 4.79 Å². The minimum Gasteiger partial charge on any atom is -0.465 e. The van der Waals surface area contributed by atoms with Crippen LogP contribution < -0.4 is 0 Å². The molecule has 0 aromatic carbocycles. The molecule has 2 rings (SSSR count). The fraction of sp³-hybridized carbons (Fsp3) is 0.333. The molecule has 0 unspecified atom stereocenters. The molecule has 2 heterocycles. The summed E-state index contributed by atoms with van der Waals surface area (Å²) in [5.74, 6) is 0.672. The Morgan fingerprint density at radius 2 is 2.41 bits per heavy atom. The molecule has 1 aliphatic rings. The zero-order valence-electron chi connectivity index (χ0n) is 9.51. The molecule has 0 N–H and O–H groups in total. The second-order valence-electron chi connectivity index (χ2n) is 3.70. The van der Waals surface area contributed by atoms with Crippen molar-refractivity contribution in [1.29, 1.82) is 0 Å². The predicted molar refractivity (Wildman–Crippen MR) is 73.5 cm³/mol. The van der Waals surface area contributed by atoms with E-state index in [2.05, 4.69) is 6.92 Å². The fourth-order valence-corrected chi connectivity index (χ4v) is 2.80. The molecule has 1 aromatic heterocycles. The van der Waals surface area contributed by atoms with E-state index in [0.29, 0.717) is 21.5 Å². The highest BCUT2D eigenvalue weighted by Gasteiger charge is 2.31. The Bertz CT molecular complexity index is 451. The van der Waals surface area contributed by atoms with E-state index in [1.807, 2.05) is 6.07 Å². The van der Waals surface area contributed by atoms with E-state index in [4.69, 9.17) is 16.6 Å². The Morgan fingerprint density at radius 3 is 3.06 bits per heavy atom. The molecule has 3 nitrogen and oxygen atoms in total. The van der Waals surface area contributed by atoms with Crippen molar-refractivity contribution in [1.82, 2.24) is 4.90 Å². The maximum absolute atomic E-state index is 12.1. The third kappa shape index (κ3) is 2.79. The average molecular weight is 267 g/mol. The zero-order chi connectivity index (χ0) is 12.3. The van der Waals surface area contributed by atoms with Gasteiger partial charge in [-0.2, -0.15) is 0 Å². The fourth-order valence-electron chi connectivity index (χ4n) is 1.51. The lowest BCUT2D eigenvalue weighted by molar-refractivity contribution is -0.122. The van der Waals surface area contributed by atoms with Crippen LogP contribution in [0.15, 0.2) is 27.7 Å². The van der Waals surface area contributed by atoms with E-state index in [9.17, 15) is 4.79 Å². The second kappa shape index (κ2) is 5.51. The normalized spacial score (nSPS) is 18.4. The number of amides is 1. The molecule has 0 bridgehead atoms. The van der Waals surface area contributed by atoms with Gasteiger partial charge in [0.25, 0.3) is 5.91 Å². The van der Waals surface area contributed by atoms with E-state index in [1.165, 1.54) is 11.8 Å². The first-order valence-electron chi connectivity index (χ1n) is 5.51. The van der Waals surface area contributed by atoms with Crippen molar-refractivity contribution in [2.45, 2.75) is 19.8 Å². The van der Waals surface area contributed by atoms with E-state index in [0.717, 1.165) is 12.8 Å². The summed E-state index contributed by atoms with van der Waals surface area (Å²) in [5, 5.41) is 0. The van der Waals surface area contributed by atoms with Crippen LogP contribution in [-0.4, -0.2) is 21.7 Å². The van der Waals surface area contributed by atoms with Gasteiger partial charge in [0.1, 0.15) is 10.1 Å². The standard InChI is InChI=1S/C12H13NO2S2/c1-2-3-6-13-11(14)10(17-12(13)16)8-9-5-4-7-15-9/h4-5,7-8H,2-3,6H2,1H3/b10-8-. The second-order valence-corrected chi connectivity index (χ2v) is 5.38. The van der Waals surface area contributed by atoms with Crippen LogP contribution in [0.2, 0.25) is 0 Å². The van der Waals surface area contributed by atoms with E-state index < -0.39 is 0 Å². The first kappa shape index (κ1) is 12.4. The maximum Gasteiger partial charge on any atom is 0.266 e. The largest absolute Gasteiger partial charge is 0.465 e. The average Bonchev–Trinajstić information content (AvgIpc) is 2.89. The quantitative estimate of drug-likeness (QED) is 0.619. The smallest absolute Gasteiger partial charge is 0.266 e. The van der Waals surface area contributed by atoms with Gasteiger partial charge in [-0.05, 0) is 18.6 Å². The number of rotatable bonds is 4. The number of carbonyl (C=O) groups is 1. The van der Waals surface area contributed by atoms with Gasteiger partial charge in [-0.3, -0.25) is 9.69 Å². The molecule has 90 valence electrons. The van der Waals surface area contributed by atoms with Crippen LogP contribution >= 0.6 is 24.0 Å². The third-order valence-corrected chi connectivity index (χ3v) is 3.80.